The Hall–Kier alpha value is -5.58. The second kappa shape index (κ2) is 17.3. The number of ether oxygens (including phenoxy) is 2. The van der Waals surface area contributed by atoms with Crippen LogP contribution in [0.25, 0.3) is 11.0 Å². The highest BCUT2D eigenvalue weighted by Crippen LogP contribution is 2.54. The van der Waals surface area contributed by atoms with Gasteiger partial charge >= 0.3 is 5.69 Å². The third kappa shape index (κ3) is 9.17. The van der Waals surface area contributed by atoms with Crippen molar-refractivity contribution in [2.45, 2.75) is 101 Å². The van der Waals surface area contributed by atoms with Gasteiger partial charge in [0.05, 0.1) is 42.1 Å². The standard InChI is InChI=1S/C49H58N8O7S/c1-48(2)14-11-32(12-15-48)28-51-46-42(57(59)60)25-38(30-53-46)65(61,62)54-47(58)41-10-9-35(24-44(41)64-37-23-34-13-18-50-45(34)52-29-37)55-19-16-49(17-20-55)26-36(27-49)56-21-22-63-31-43(56)40-6-4-3-5-39(40)33-7-8-33/h3-6,9-10,13,18,23-25,29-30,32-33,36,43H,7-8,11-12,14-17,19-22,26-28,31H2,1-2H3,(H,50,52)(H,51,53)(H,54,58)/t43-/m0/s1. The minimum Gasteiger partial charge on any atom is -0.455 e. The number of H-pyrrole nitrogens is 1. The summed E-state index contributed by atoms with van der Waals surface area (Å²) < 4.78 is 42.0. The maximum absolute atomic E-state index is 14.0. The van der Waals surface area contributed by atoms with E-state index >= 15 is 0 Å². The first-order valence-electron chi connectivity index (χ1n) is 23.2. The van der Waals surface area contributed by atoms with Gasteiger partial charge in [0.2, 0.25) is 5.82 Å². The number of piperidine rings is 1. The molecule has 0 radical (unpaired) electrons. The quantitative estimate of drug-likeness (QED) is 0.0753. The fraction of sp³-hybridized carbons (Fsp3) is 0.490. The predicted molar refractivity (Wildman–Crippen MR) is 248 cm³/mol. The van der Waals surface area contributed by atoms with Crippen LogP contribution in [0.5, 0.6) is 11.5 Å². The van der Waals surface area contributed by atoms with Gasteiger partial charge in [-0.05, 0) is 122 Å². The number of carbonyl (C=O) groups excluding carboxylic acids is 1. The molecule has 3 aliphatic carbocycles. The average molecular weight is 903 g/mol. The second-order valence-corrected chi connectivity index (χ2v) is 21.6. The number of nitrogens with one attached hydrogen (secondary N) is 3. The molecule has 65 heavy (non-hydrogen) atoms. The van der Waals surface area contributed by atoms with E-state index in [-0.39, 0.29) is 28.0 Å². The maximum Gasteiger partial charge on any atom is 0.312 e. The summed E-state index contributed by atoms with van der Waals surface area (Å²) in [6.07, 6.45) is 15.4. The van der Waals surface area contributed by atoms with E-state index in [1.165, 1.54) is 24.0 Å². The van der Waals surface area contributed by atoms with Crippen molar-refractivity contribution in [2.75, 3.05) is 49.6 Å². The van der Waals surface area contributed by atoms with Crippen LogP contribution in [0, 0.1) is 26.9 Å². The van der Waals surface area contributed by atoms with E-state index in [2.05, 4.69) is 72.9 Å². The molecule has 2 saturated heterocycles. The number of nitrogens with zero attached hydrogens (tertiary/aromatic N) is 5. The Morgan fingerprint density at radius 3 is 2.48 bits per heavy atom. The van der Waals surface area contributed by atoms with Gasteiger partial charge in [-0.2, -0.15) is 0 Å². The molecule has 3 aromatic heterocycles. The molecule has 16 heteroatoms. The van der Waals surface area contributed by atoms with Crippen molar-refractivity contribution in [3.63, 3.8) is 0 Å². The van der Waals surface area contributed by atoms with Crippen molar-refractivity contribution in [1.29, 1.82) is 0 Å². The number of hydrogen-bond donors (Lipinski definition) is 3. The molecule has 10 rings (SSSR count). The highest BCUT2D eigenvalue weighted by molar-refractivity contribution is 7.90. The van der Waals surface area contributed by atoms with E-state index in [1.54, 1.807) is 30.6 Å². The van der Waals surface area contributed by atoms with Crippen molar-refractivity contribution in [3.05, 3.63) is 106 Å². The van der Waals surface area contributed by atoms with Gasteiger partial charge < -0.3 is 24.7 Å². The molecule has 5 aromatic rings. The first-order chi connectivity index (χ1) is 31.3. The predicted octanol–water partition coefficient (Wildman–Crippen LogP) is 9.11. The van der Waals surface area contributed by atoms with Crippen molar-refractivity contribution < 1.29 is 27.6 Å². The van der Waals surface area contributed by atoms with Gasteiger partial charge in [0.15, 0.2) is 0 Å². The van der Waals surface area contributed by atoms with Crippen LogP contribution in [-0.4, -0.2) is 84.5 Å². The third-order valence-electron chi connectivity index (χ3n) is 14.9. The molecule has 1 amide bonds. The molecule has 15 nitrogen and oxygen atoms in total. The highest BCUT2D eigenvalue weighted by Gasteiger charge is 2.50. The number of fused-ring (bicyclic) bond motifs is 1. The number of sulfonamides is 1. The van der Waals surface area contributed by atoms with Gasteiger partial charge in [-0.25, -0.2) is 23.1 Å². The summed E-state index contributed by atoms with van der Waals surface area (Å²) in [7, 11) is -4.60. The zero-order valence-corrected chi connectivity index (χ0v) is 37.9. The van der Waals surface area contributed by atoms with Crippen LogP contribution in [0.4, 0.5) is 17.2 Å². The van der Waals surface area contributed by atoms with Gasteiger partial charge in [0, 0.05) is 61.6 Å². The lowest BCUT2D eigenvalue weighted by Crippen LogP contribution is -2.58. The molecular weight excluding hydrogens is 845 g/mol. The molecule has 3 N–H and O–H groups in total. The Morgan fingerprint density at radius 2 is 1.72 bits per heavy atom. The topological polar surface area (TPSA) is 185 Å². The van der Waals surface area contributed by atoms with Crippen molar-refractivity contribution in [1.82, 2.24) is 24.6 Å². The number of amides is 1. The first kappa shape index (κ1) is 43.3. The fourth-order valence-electron chi connectivity index (χ4n) is 10.8. The number of benzene rings is 2. The van der Waals surface area contributed by atoms with E-state index in [0.717, 1.165) is 108 Å². The lowest BCUT2D eigenvalue weighted by Gasteiger charge is -2.57. The van der Waals surface area contributed by atoms with E-state index in [4.69, 9.17) is 9.47 Å². The maximum atomic E-state index is 14.0. The van der Waals surface area contributed by atoms with E-state index in [9.17, 15) is 23.3 Å². The Bertz CT molecular complexity index is 2690. The van der Waals surface area contributed by atoms with E-state index in [0.29, 0.717) is 41.9 Å². The van der Waals surface area contributed by atoms with E-state index in [1.807, 2.05) is 12.1 Å². The largest absolute Gasteiger partial charge is 0.455 e. The Labute approximate surface area is 379 Å². The monoisotopic (exact) mass is 902 g/mol. The number of aromatic nitrogens is 3. The van der Waals surface area contributed by atoms with E-state index < -0.39 is 31.4 Å². The summed E-state index contributed by atoms with van der Waals surface area (Å²) in [6, 6.07) is 19.5. The Kier molecular flexibility index (Phi) is 11.6. The molecule has 1 spiro atoms. The van der Waals surface area contributed by atoms with Crippen molar-refractivity contribution >= 4 is 44.2 Å². The van der Waals surface area contributed by atoms with Crippen LogP contribution in [0.2, 0.25) is 0 Å². The molecule has 5 heterocycles. The Balaban J connectivity index is 0.835. The summed E-state index contributed by atoms with van der Waals surface area (Å²) in [5.74, 6) is 0.563. The fourth-order valence-corrected chi connectivity index (χ4v) is 11.7. The first-order valence-corrected chi connectivity index (χ1v) is 24.7. The molecule has 5 fully saturated rings. The van der Waals surface area contributed by atoms with Gasteiger partial charge in [0.25, 0.3) is 15.9 Å². The van der Waals surface area contributed by atoms with Crippen LogP contribution >= 0.6 is 0 Å². The highest BCUT2D eigenvalue weighted by atomic mass is 32.2. The summed E-state index contributed by atoms with van der Waals surface area (Å²) >= 11 is 0. The summed E-state index contributed by atoms with van der Waals surface area (Å²) in [6.45, 7) is 9.09. The number of carbonyl (C=O) groups is 1. The minimum atomic E-state index is -4.60. The van der Waals surface area contributed by atoms with Crippen LogP contribution in [0.3, 0.4) is 0 Å². The van der Waals surface area contributed by atoms with Crippen LogP contribution < -0.4 is 19.7 Å². The lowest BCUT2D eigenvalue weighted by molar-refractivity contribution is -0.384. The second-order valence-electron chi connectivity index (χ2n) is 19.9. The SMILES string of the molecule is CC1(C)CCC(CNc2ncc(S(=O)(=O)NC(=O)c3ccc(N4CCC5(CC4)CC(N4CCOC[C@H]4c4ccccc4C4CC4)C5)cc3Oc3cnc4[nH]ccc4c3)cc2[N+](=O)[O-])CC1. The molecule has 3 saturated carbocycles. The normalized spacial score (nSPS) is 21.5. The Morgan fingerprint density at radius 1 is 0.954 bits per heavy atom. The van der Waals surface area contributed by atoms with Gasteiger partial charge in [-0.15, -0.1) is 0 Å². The number of anilines is 2. The zero-order valence-electron chi connectivity index (χ0n) is 37.1. The van der Waals surface area contributed by atoms with Gasteiger partial charge in [-0.1, -0.05) is 38.1 Å². The zero-order chi connectivity index (χ0) is 44.9. The van der Waals surface area contributed by atoms with Crippen LogP contribution in [-0.2, 0) is 14.8 Å². The summed E-state index contributed by atoms with van der Waals surface area (Å²) in [4.78, 5) is 41.7. The third-order valence-corrected chi connectivity index (χ3v) is 16.2. The summed E-state index contributed by atoms with van der Waals surface area (Å²) in [5.41, 5.74) is 4.50. The molecule has 342 valence electrons. The van der Waals surface area contributed by atoms with Gasteiger partial charge in [-0.3, -0.25) is 19.8 Å². The molecular formula is C49H58N8O7S. The molecule has 0 unspecified atom stereocenters. The molecule has 0 bridgehead atoms. The average Bonchev–Trinajstić information content (AvgIpc) is 4.04. The number of aromatic amines is 1. The molecule has 5 aliphatic rings. The van der Waals surface area contributed by atoms with Crippen molar-refractivity contribution in [3.8, 4) is 11.5 Å². The number of pyridine rings is 2. The number of nitro groups is 1. The molecule has 2 aromatic carbocycles. The number of hydrogen-bond acceptors (Lipinski definition) is 12. The van der Waals surface area contributed by atoms with Gasteiger partial charge in [0.1, 0.15) is 22.0 Å². The minimum absolute atomic E-state index is 0.0128. The van der Waals surface area contributed by atoms with Crippen molar-refractivity contribution in [2.24, 2.45) is 16.7 Å². The van der Waals surface area contributed by atoms with Crippen LogP contribution in [0.1, 0.15) is 112 Å². The smallest absolute Gasteiger partial charge is 0.312 e. The number of rotatable bonds is 13. The van der Waals surface area contributed by atoms with Crippen LogP contribution in [0.15, 0.2) is 84.1 Å². The molecule has 1 atom stereocenters. The lowest BCUT2D eigenvalue weighted by atomic mass is 9.59. The number of morpholine rings is 1. The molecule has 2 aliphatic heterocycles. The summed E-state index contributed by atoms with van der Waals surface area (Å²) in [5, 5.41) is 16.0.